The highest BCUT2D eigenvalue weighted by atomic mass is 19.1. The van der Waals surface area contributed by atoms with E-state index in [1.54, 1.807) is 17.6 Å². The fraction of sp³-hybridized carbons (Fsp3) is 0.500. The first-order valence-electron chi connectivity index (χ1n) is 11.1. The molecule has 1 aromatic carbocycles. The van der Waals surface area contributed by atoms with Crippen LogP contribution in [0, 0.1) is 18.7 Å². The lowest BCUT2D eigenvalue weighted by atomic mass is 10.0. The first-order valence-corrected chi connectivity index (χ1v) is 11.1. The molecular weight excluding hydrogens is 397 g/mol. The molecule has 2 aromatic rings. The van der Waals surface area contributed by atoms with E-state index in [9.17, 15) is 9.59 Å². The molecule has 2 atom stereocenters. The molecule has 1 aliphatic carbocycles. The number of hydrogen-bond donors (Lipinski definition) is 1. The average Bonchev–Trinajstić information content (AvgIpc) is 3.43. The lowest BCUT2D eigenvalue weighted by Gasteiger charge is -2.25. The Morgan fingerprint density at radius 2 is 2.10 bits per heavy atom. The molecule has 2 N–H and O–H groups in total. The average molecular weight is 428 g/mol. The second kappa shape index (κ2) is 8.46. The molecule has 0 bridgehead atoms. The van der Waals surface area contributed by atoms with E-state index in [1.807, 2.05) is 13.8 Å². The van der Waals surface area contributed by atoms with Gasteiger partial charge in [-0.2, -0.15) is 0 Å². The highest BCUT2D eigenvalue weighted by molar-refractivity contribution is 5.96. The summed E-state index contributed by atoms with van der Waals surface area (Å²) in [7, 11) is 0. The second-order valence-electron chi connectivity index (χ2n) is 8.71. The number of nitrogens with two attached hydrogens (primary N) is 1. The number of esters is 1. The fourth-order valence-corrected chi connectivity index (χ4v) is 4.67. The van der Waals surface area contributed by atoms with Crippen molar-refractivity contribution in [2.45, 2.75) is 52.1 Å². The maximum Gasteiger partial charge on any atom is 0.330 e. The van der Waals surface area contributed by atoms with Gasteiger partial charge in [0.05, 0.1) is 17.8 Å². The molecule has 0 radical (unpaired) electrons. The maximum absolute atomic E-state index is 15.4. The van der Waals surface area contributed by atoms with Crippen molar-refractivity contribution in [3.8, 4) is 0 Å². The Balaban J connectivity index is 1.87. The quantitative estimate of drug-likeness (QED) is 0.564. The van der Waals surface area contributed by atoms with Gasteiger partial charge < -0.3 is 19.9 Å². The topological polar surface area (TPSA) is 77.6 Å². The van der Waals surface area contributed by atoms with Crippen molar-refractivity contribution in [3.05, 3.63) is 45.5 Å². The number of nitrogens with zero attached hydrogens (tertiary/aromatic N) is 2. The van der Waals surface area contributed by atoms with Gasteiger partial charge >= 0.3 is 5.97 Å². The predicted molar refractivity (Wildman–Crippen MR) is 121 cm³/mol. The third-order valence-corrected chi connectivity index (χ3v) is 6.41. The molecule has 1 saturated carbocycles. The Labute approximate surface area is 181 Å². The number of ether oxygens (including phenoxy) is 1. The summed E-state index contributed by atoms with van der Waals surface area (Å²) in [6.45, 7) is 7.32. The zero-order valence-electron chi connectivity index (χ0n) is 18.4. The van der Waals surface area contributed by atoms with Gasteiger partial charge in [0.1, 0.15) is 5.82 Å². The first-order chi connectivity index (χ1) is 14.8. The number of benzene rings is 1. The standard InChI is InChI=1S/C24H30FN3O3/c1-4-31-22(30)8-5-16-11-21(29)28(18-6-7-18)23-14(2)24(20(25)12-19(16)23)27-10-9-17(13-27)15(3)26/h5,8,11-12,15,17-18H,4,6-7,9-10,13,26H2,1-3H3/b8-5+/t15-,17+/m0/s1. The van der Waals surface area contributed by atoms with Crippen LogP contribution in [0.3, 0.4) is 0 Å². The van der Waals surface area contributed by atoms with Gasteiger partial charge in [0.25, 0.3) is 5.56 Å². The lowest BCUT2D eigenvalue weighted by molar-refractivity contribution is -0.137. The summed E-state index contributed by atoms with van der Waals surface area (Å²) in [6.07, 6.45) is 5.63. The number of anilines is 1. The van der Waals surface area contributed by atoms with Crippen molar-refractivity contribution in [2.75, 3.05) is 24.6 Å². The SMILES string of the molecule is CCOC(=O)/C=C/c1cc(=O)n(C2CC2)c2c(C)c(N3CC[C@@H]([C@H](C)N)C3)c(F)cc12. The third-order valence-electron chi connectivity index (χ3n) is 6.41. The van der Waals surface area contributed by atoms with Crippen LogP contribution in [0.25, 0.3) is 17.0 Å². The van der Waals surface area contributed by atoms with Gasteiger partial charge in [-0.05, 0) is 69.2 Å². The summed E-state index contributed by atoms with van der Waals surface area (Å²) in [5.74, 6) is -0.490. The van der Waals surface area contributed by atoms with Crippen LogP contribution < -0.4 is 16.2 Å². The van der Waals surface area contributed by atoms with Crippen molar-refractivity contribution < 1.29 is 13.9 Å². The van der Waals surface area contributed by atoms with Crippen LogP contribution in [0.1, 0.15) is 50.3 Å². The normalized spacial score (nSPS) is 20.0. The second-order valence-corrected chi connectivity index (χ2v) is 8.71. The molecule has 0 amide bonds. The number of rotatable bonds is 6. The molecule has 1 aliphatic heterocycles. The molecule has 0 unspecified atom stereocenters. The molecule has 0 spiro atoms. The first kappa shape index (κ1) is 21.6. The zero-order chi connectivity index (χ0) is 22.3. The van der Waals surface area contributed by atoms with E-state index >= 15 is 4.39 Å². The van der Waals surface area contributed by atoms with Crippen molar-refractivity contribution in [1.29, 1.82) is 0 Å². The Hall–Kier alpha value is -2.67. The van der Waals surface area contributed by atoms with Crippen LogP contribution in [0.5, 0.6) is 0 Å². The number of fused-ring (bicyclic) bond motifs is 1. The number of halogens is 1. The Kier molecular flexibility index (Phi) is 5.88. The number of carbonyl (C=O) groups excluding carboxylic acids is 1. The van der Waals surface area contributed by atoms with Crippen molar-refractivity contribution >= 4 is 28.6 Å². The summed E-state index contributed by atoms with van der Waals surface area (Å²) in [6, 6.07) is 3.18. The van der Waals surface area contributed by atoms with Gasteiger partial charge in [0, 0.05) is 42.7 Å². The predicted octanol–water partition coefficient (Wildman–Crippen LogP) is 3.53. The van der Waals surface area contributed by atoms with E-state index in [0.717, 1.165) is 36.9 Å². The molecule has 2 heterocycles. The van der Waals surface area contributed by atoms with Crippen LogP contribution in [-0.2, 0) is 9.53 Å². The highest BCUT2D eigenvalue weighted by Crippen LogP contribution is 2.41. The molecule has 1 aromatic heterocycles. The number of pyridine rings is 1. The van der Waals surface area contributed by atoms with E-state index in [2.05, 4.69) is 4.90 Å². The van der Waals surface area contributed by atoms with Gasteiger partial charge in [-0.1, -0.05) is 0 Å². The number of aryl methyl sites for hydroxylation is 1. The van der Waals surface area contributed by atoms with E-state index in [4.69, 9.17) is 10.5 Å². The number of carbonyl (C=O) groups is 1. The summed E-state index contributed by atoms with van der Waals surface area (Å²) >= 11 is 0. The lowest BCUT2D eigenvalue weighted by Crippen LogP contribution is -2.30. The third kappa shape index (κ3) is 4.11. The van der Waals surface area contributed by atoms with E-state index in [1.165, 1.54) is 18.2 Å². The Morgan fingerprint density at radius 1 is 1.35 bits per heavy atom. The minimum Gasteiger partial charge on any atom is -0.463 e. The fourth-order valence-electron chi connectivity index (χ4n) is 4.67. The van der Waals surface area contributed by atoms with Crippen LogP contribution in [0.2, 0.25) is 0 Å². The molecule has 2 fully saturated rings. The van der Waals surface area contributed by atoms with Gasteiger partial charge in [0.15, 0.2) is 0 Å². The van der Waals surface area contributed by atoms with E-state index in [-0.39, 0.29) is 30.1 Å². The molecule has 166 valence electrons. The van der Waals surface area contributed by atoms with Gasteiger partial charge in [-0.15, -0.1) is 0 Å². The molecule has 7 heteroatoms. The molecule has 4 rings (SSSR count). The molecule has 2 aliphatic rings. The summed E-state index contributed by atoms with van der Waals surface area (Å²) in [4.78, 5) is 26.8. The Morgan fingerprint density at radius 3 is 2.71 bits per heavy atom. The molecular formula is C24H30FN3O3. The minimum absolute atomic E-state index is 0.0538. The maximum atomic E-state index is 15.4. The van der Waals surface area contributed by atoms with Crippen molar-refractivity contribution in [2.24, 2.45) is 11.7 Å². The molecule has 31 heavy (non-hydrogen) atoms. The van der Waals surface area contributed by atoms with Crippen LogP contribution in [0.4, 0.5) is 10.1 Å². The highest BCUT2D eigenvalue weighted by Gasteiger charge is 2.32. The zero-order valence-corrected chi connectivity index (χ0v) is 18.4. The van der Waals surface area contributed by atoms with Crippen molar-refractivity contribution in [1.82, 2.24) is 4.57 Å². The van der Waals surface area contributed by atoms with Crippen LogP contribution >= 0.6 is 0 Å². The molecule has 1 saturated heterocycles. The molecule has 6 nitrogen and oxygen atoms in total. The van der Waals surface area contributed by atoms with Gasteiger partial charge in [0.2, 0.25) is 0 Å². The minimum atomic E-state index is -0.491. The number of aromatic nitrogens is 1. The summed E-state index contributed by atoms with van der Waals surface area (Å²) in [5, 5.41) is 0.633. The van der Waals surface area contributed by atoms with E-state index < -0.39 is 5.97 Å². The van der Waals surface area contributed by atoms with Crippen LogP contribution in [-0.4, -0.2) is 36.3 Å². The van der Waals surface area contributed by atoms with Gasteiger partial charge in [-0.25, -0.2) is 9.18 Å². The largest absolute Gasteiger partial charge is 0.463 e. The van der Waals surface area contributed by atoms with Gasteiger partial charge in [-0.3, -0.25) is 4.79 Å². The smallest absolute Gasteiger partial charge is 0.330 e. The summed E-state index contributed by atoms with van der Waals surface area (Å²) in [5.41, 5.74) is 8.54. The van der Waals surface area contributed by atoms with Crippen LogP contribution in [0.15, 0.2) is 23.0 Å². The van der Waals surface area contributed by atoms with Crippen molar-refractivity contribution in [3.63, 3.8) is 0 Å². The summed E-state index contributed by atoms with van der Waals surface area (Å²) < 4.78 is 22.2. The monoisotopic (exact) mass is 427 g/mol. The Bertz CT molecular complexity index is 1100. The number of hydrogen-bond acceptors (Lipinski definition) is 5. The van der Waals surface area contributed by atoms with E-state index in [0.29, 0.717) is 29.1 Å².